The second-order valence-electron chi connectivity index (χ2n) is 3.32. The first kappa shape index (κ1) is 10.9. The molecule has 1 rings (SSSR count). The SMILES string of the molecule is CCCCONc1cc(C)ccc1O. The second kappa shape index (κ2) is 5.50. The van der Waals surface area contributed by atoms with E-state index < -0.39 is 0 Å². The number of hydrogen-bond donors (Lipinski definition) is 2. The van der Waals surface area contributed by atoms with Crippen molar-refractivity contribution in [2.45, 2.75) is 26.7 Å². The topological polar surface area (TPSA) is 41.5 Å². The first-order valence-corrected chi connectivity index (χ1v) is 4.91. The number of benzene rings is 1. The van der Waals surface area contributed by atoms with Crippen LogP contribution in [0.25, 0.3) is 0 Å². The summed E-state index contributed by atoms with van der Waals surface area (Å²) in [5, 5.41) is 9.45. The molecule has 0 aromatic heterocycles. The van der Waals surface area contributed by atoms with Crippen LogP contribution in [0.4, 0.5) is 5.69 Å². The van der Waals surface area contributed by atoms with Crippen LogP contribution in [0, 0.1) is 6.92 Å². The highest BCUT2D eigenvalue weighted by Gasteiger charge is 1.99. The van der Waals surface area contributed by atoms with Crippen LogP contribution in [0.2, 0.25) is 0 Å². The van der Waals surface area contributed by atoms with Gasteiger partial charge >= 0.3 is 0 Å². The monoisotopic (exact) mass is 195 g/mol. The molecule has 0 fully saturated rings. The van der Waals surface area contributed by atoms with Gasteiger partial charge in [-0.3, -0.25) is 10.3 Å². The molecule has 0 radical (unpaired) electrons. The zero-order valence-electron chi connectivity index (χ0n) is 8.71. The van der Waals surface area contributed by atoms with E-state index in [0.717, 1.165) is 18.4 Å². The third kappa shape index (κ3) is 3.26. The zero-order valence-corrected chi connectivity index (χ0v) is 8.71. The molecule has 0 aliphatic heterocycles. The van der Waals surface area contributed by atoms with E-state index in [1.165, 1.54) is 0 Å². The van der Waals surface area contributed by atoms with Gasteiger partial charge in [-0.15, -0.1) is 0 Å². The largest absolute Gasteiger partial charge is 0.506 e. The van der Waals surface area contributed by atoms with Crippen molar-refractivity contribution in [3.63, 3.8) is 0 Å². The average Bonchev–Trinajstić information content (AvgIpc) is 2.18. The van der Waals surface area contributed by atoms with Crippen LogP contribution in [0.15, 0.2) is 18.2 Å². The molecular formula is C11H17NO2. The lowest BCUT2D eigenvalue weighted by Gasteiger charge is -2.08. The summed E-state index contributed by atoms with van der Waals surface area (Å²) in [5.41, 5.74) is 4.45. The summed E-state index contributed by atoms with van der Waals surface area (Å²) in [6.07, 6.45) is 2.11. The molecule has 0 saturated heterocycles. The molecule has 0 unspecified atom stereocenters. The van der Waals surface area contributed by atoms with Gasteiger partial charge in [-0.1, -0.05) is 19.4 Å². The molecule has 2 N–H and O–H groups in total. The van der Waals surface area contributed by atoms with Gasteiger partial charge in [-0.25, -0.2) is 0 Å². The van der Waals surface area contributed by atoms with Gasteiger partial charge in [0.15, 0.2) is 0 Å². The lowest BCUT2D eigenvalue weighted by atomic mass is 10.2. The number of phenols is 1. The summed E-state index contributed by atoms with van der Waals surface area (Å²) >= 11 is 0. The van der Waals surface area contributed by atoms with Gasteiger partial charge < -0.3 is 5.11 Å². The van der Waals surface area contributed by atoms with Crippen molar-refractivity contribution < 1.29 is 9.94 Å². The van der Waals surface area contributed by atoms with E-state index in [4.69, 9.17) is 4.84 Å². The molecule has 3 nitrogen and oxygen atoms in total. The molecule has 1 aromatic carbocycles. The maximum Gasteiger partial charge on any atom is 0.140 e. The minimum Gasteiger partial charge on any atom is -0.506 e. The molecule has 78 valence electrons. The Morgan fingerprint density at radius 1 is 1.43 bits per heavy atom. The number of aryl methyl sites for hydroxylation is 1. The normalized spacial score (nSPS) is 10.1. The van der Waals surface area contributed by atoms with Gasteiger partial charge in [-0.2, -0.15) is 0 Å². The van der Waals surface area contributed by atoms with Crippen LogP contribution < -0.4 is 5.48 Å². The molecule has 3 heteroatoms. The highest BCUT2D eigenvalue weighted by atomic mass is 16.6. The van der Waals surface area contributed by atoms with E-state index in [1.807, 2.05) is 19.1 Å². The predicted octanol–water partition coefficient (Wildman–Crippen LogP) is 2.84. The van der Waals surface area contributed by atoms with Crippen LogP contribution in [0.5, 0.6) is 5.75 Å². The van der Waals surface area contributed by atoms with Gasteiger partial charge in [0.2, 0.25) is 0 Å². The van der Waals surface area contributed by atoms with E-state index in [0.29, 0.717) is 12.3 Å². The summed E-state index contributed by atoms with van der Waals surface area (Å²) in [6.45, 7) is 4.73. The molecule has 0 bridgehead atoms. The predicted molar refractivity (Wildman–Crippen MR) is 57.3 cm³/mol. The van der Waals surface area contributed by atoms with Crippen molar-refractivity contribution >= 4 is 5.69 Å². The first-order valence-electron chi connectivity index (χ1n) is 4.91. The lowest BCUT2D eigenvalue weighted by Crippen LogP contribution is -2.02. The zero-order chi connectivity index (χ0) is 10.4. The number of rotatable bonds is 5. The number of anilines is 1. The highest BCUT2D eigenvalue weighted by molar-refractivity contribution is 5.55. The smallest absolute Gasteiger partial charge is 0.140 e. The molecule has 0 aliphatic carbocycles. The number of aromatic hydroxyl groups is 1. The van der Waals surface area contributed by atoms with Gasteiger partial charge in [-0.05, 0) is 31.0 Å². The number of hydrogen-bond acceptors (Lipinski definition) is 3. The molecule has 0 aliphatic rings. The Balaban J connectivity index is 2.45. The van der Waals surface area contributed by atoms with Crippen molar-refractivity contribution in [1.82, 2.24) is 0 Å². The summed E-state index contributed by atoms with van der Waals surface area (Å²) in [5.74, 6) is 0.215. The van der Waals surface area contributed by atoms with Crippen molar-refractivity contribution in [2.75, 3.05) is 12.1 Å². The fraction of sp³-hybridized carbons (Fsp3) is 0.455. The van der Waals surface area contributed by atoms with Gasteiger partial charge in [0.1, 0.15) is 11.4 Å². The molecule has 1 aromatic rings. The van der Waals surface area contributed by atoms with Gasteiger partial charge in [0, 0.05) is 0 Å². The molecule has 0 heterocycles. The van der Waals surface area contributed by atoms with Crippen molar-refractivity contribution in [1.29, 1.82) is 0 Å². The Bertz CT molecular complexity index is 287. The van der Waals surface area contributed by atoms with Crippen LogP contribution in [0.3, 0.4) is 0 Å². The fourth-order valence-electron chi connectivity index (χ4n) is 1.08. The van der Waals surface area contributed by atoms with Crippen molar-refractivity contribution in [2.24, 2.45) is 0 Å². The van der Waals surface area contributed by atoms with E-state index in [9.17, 15) is 5.11 Å². The standard InChI is InChI=1S/C11H17NO2/c1-3-4-7-14-12-10-8-9(2)5-6-11(10)13/h5-6,8,12-13H,3-4,7H2,1-2H3. The van der Waals surface area contributed by atoms with E-state index >= 15 is 0 Å². The molecule has 0 amide bonds. The van der Waals surface area contributed by atoms with E-state index in [2.05, 4.69) is 12.4 Å². The van der Waals surface area contributed by atoms with Crippen molar-refractivity contribution in [3.8, 4) is 5.75 Å². The van der Waals surface area contributed by atoms with Crippen molar-refractivity contribution in [3.05, 3.63) is 23.8 Å². The molecule has 0 saturated carbocycles. The number of nitrogens with one attached hydrogen (secondary N) is 1. The number of unbranched alkanes of at least 4 members (excludes halogenated alkanes) is 1. The Kier molecular flexibility index (Phi) is 4.26. The van der Waals surface area contributed by atoms with E-state index in [-0.39, 0.29) is 5.75 Å². The first-order chi connectivity index (χ1) is 6.74. The molecular weight excluding hydrogens is 178 g/mol. The maximum absolute atomic E-state index is 9.45. The molecule has 0 atom stereocenters. The third-order valence-electron chi connectivity index (χ3n) is 1.93. The van der Waals surface area contributed by atoms with Gasteiger partial charge in [0.05, 0.1) is 6.61 Å². The Morgan fingerprint density at radius 3 is 2.93 bits per heavy atom. The Labute approximate surface area is 84.7 Å². The summed E-state index contributed by atoms with van der Waals surface area (Å²) in [7, 11) is 0. The third-order valence-corrected chi connectivity index (χ3v) is 1.93. The molecule has 0 spiro atoms. The Hall–Kier alpha value is -1.22. The lowest BCUT2D eigenvalue weighted by molar-refractivity contribution is 0.188. The minimum absolute atomic E-state index is 0.215. The summed E-state index contributed by atoms with van der Waals surface area (Å²) in [6, 6.07) is 5.36. The molecule has 14 heavy (non-hydrogen) atoms. The van der Waals surface area contributed by atoms with Crippen LogP contribution in [0.1, 0.15) is 25.3 Å². The van der Waals surface area contributed by atoms with Crippen LogP contribution in [-0.2, 0) is 4.84 Å². The van der Waals surface area contributed by atoms with Gasteiger partial charge in [0.25, 0.3) is 0 Å². The fourth-order valence-corrected chi connectivity index (χ4v) is 1.08. The van der Waals surface area contributed by atoms with Crippen LogP contribution in [-0.4, -0.2) is 11.7 Å². The number of phenolic OH excluding ortho intramolecular Hbond substituents is 1. The maximum atomic E-state index is 9.45. The average molecular weight is 195 g/mol. The summed E-state index contributed by atoms with van der Waals surface area (Å²) in [4.78, 5) is 5.19. The van der Waals surface area contributed by atoms with E-state index in [1.54, 1.807) is 6.07 Å². The highest BCUT2D eigenvalue weighted by Crippen LogP contribution is 2.23. The second-order valence-corrected chi connectivity index (χ2v) is 3.32. The van der Waals surface area contributed by atoms with Crippen LogP contribution >= 0.6 is 0 Å². The quantitative estimate of drug-likeness (QED) is 0.431. The minimum atomic E-state index is 0.215. The summed E-state index contributed by atoms with van der Waals surface area (Å²) < 4.78 is 0. The Morgan fingerprint density at radius 2 is 2.21 bits per heavy atom.